The maximum atomic E-state index is 11.8. The Labute approximate surface area is 112 Å². The number of carbonyl (C=O) groups excluding carboxylic acids is 1. The predicted octanol–water partition coefficient (Wildman–Crippen LogP) is 1.31. The van der Waals surface area contributed by atoms with Gasteiger partial charge in [0.2, 0.25) is 0 Å². The van der Waals surface area contributed by atoms with Crippen molar-refractivity contribution in [1.29, 1.82) is 0 Å². The number of hydrogen-bond acceptors (Lipinski definition) is 4. The molecular weight excluding hydrogens is 244 g/mol. The average Bonchev–Trinajstić information content (AvgIpc) is 2.43. The summed E-state index contributed by atoms with van der Waals surface area (Å²) in [4.78, 5) is 14.2. The van der Waals surface area contributed by atoms with Gasteiger partial charge in [-0.05, 0) is 44.1 Å². The summed E-state index contributed by atoms with van der Waals surface area (Å²) in [5.41, 5.74) is 0.356. The zero-order valence-electron chi connectivity index (χ0n) is 10.9. The summed E-state index contributed by atoms with van der Waals surface area (Å²) in [7, 11) is 0. The van der Waals surface area contributed by atoms with E-state index in [2.05, 4.69) is 10.2 Å². The average molecular weight is 264 g/mol. The highest BCUT2D eigenvalue weighted by Crippen LogP contribution is 2.24. The van der Waals surface area contributed by atoms with Crippen LogP contribution in [0.2, 0.25) is 0 Å². The maximum Gasteiger partial charge on any atom is 0.251 e. The zero-order chi connectivity index (χ0) is 13.7. The monoisotopic (exact) mass is 264 g/mol. The highest BCUT2D eigenvalue weighted by atomic mass is 16.3. The van der Waals surface area contributed by atoms with Gasteiger partial charge in [0.25, 0.3) is 5.91 Å². The van der Waals surface area contributed by atoms with E-state index in [0.717, 1.165) is 19.6 Å². The Morgan fingerprint density at radius 3 is 2.58 bits per heavy atom. The number of phenolic OH excluding ortho intramolecular Hbond substituents is 2. The van der Waals surface area contributed by atoms with E-state index in [1.165, 1.54) is 37.5 Å². The second-order valence-electron chi connectivity index (χ2n) is 4.86. The highest BCUT2D eigenvalue weighted by molar-refractivity contribution is 5.94. The van der Waals surface area contributed by atoms with Gasteiger partial charge in [0.05, 0.1) is 0 Å². The Kier molecular flexibility index (Phi) is 4.63. The molecule has 1 saturated heterocycles. The molecule has 0 saturated carbocycles. The fourth-order valence-corrected chi connectivity index (χ4v) is 2.28. The van der Waals surface area contributed by atoms with Crippen molar-refractivity contribution in [3.05, 3.63) is 23.8 Å². The number of likely N-dealkylation sites (tertiary alicyclic amines) is 1. The van der Waals surface area contributed by atoms with Gasteiger partial charge in [-0.1, -0.05) is 6.42 Å². The largest absolute Gasteiger partial charge is 0.504 e. The van der Waals surface area contributed by atoms with E-state index in [1.54, 1.807) is 0 Å². The van der Waals surface area contributed by atoms with Crippen molar-refractivity contribution < 1.29 is 15.0 Å². The van der Waals surface area contributed by atoms with Crippen LogP contribution in [0.25, 0.3) is 0 Å². The van der Waals surface area contributed by atoms with Crippen molar-refractivity contribution in [3.8, 4) is 11.5 Å². The quantitative estimate of drug-likeness (QED) is 0.717. The van der Waals surface area contributed by atoms with Crippen LogP contribution in [0.3, 0.4) is 0 Å². The van der Waals surface area contributed by atoms with Gasteiger partial charge in [-0.2, -0.15) is 0 Å². The lowest BCUT2D eigenvalue weighted by molar-refractivity contribution is 0.0946. The third-order valence-electron chi connectivity index (χ3n) is 3.40. The van der Waals surface area contributed by atoms with E-state index >= 15 is 0 Å². The van der Waals surface area contributed by atoms with E-state index < -0.39 is 0 Å². The van der Waals surface area contributed by atoms with E-state index in [1.807, 2.05) is 0 Å². The van der Waals surface area contributed by atoms with Crippen LogP contribution < -0.4 is 5.32 Å². The summed E-state index contributed by atoms with van der Waals surface area (Å²) in [5, 5.41) is 21.3. The van der Waals surface area contributed by atoms with Crippen molar-refractivity contribution in [2.24, 2.45) is 0 Å². The number of nitrogens with zero attached hydrogens (tertiary/aromatic N) is 1. The molecule has 2 rings (SSSR count). The number of benzene rings is 1. The Hall–Kier alpha value is -1.75. The van der Waals surface area contributed by atoms with Gasteiger partial charge in [-0.25, -0.2) is 0 Å². The second kappa shape index (κ2) is 6.43. The summed E-state index contributed by atoms with van der Waals surface area (Å²) in [6.45, 7) is 3.67. The molecule has 19 heavy (non-hydrogen) atoms. The smallest absolute Gasteiger partial charge is 0.251 e. The first-order chi connectivity index (χ1) is 9.16. The number of nitrogens with one attached hydrogen (secondary N) is 1. The van der Waals surface area contributed by atoms with Crippen LogP contribution in [0, 0.1) is 0 Å². The van der Waals surface area contributed by atoms with Crippen molar-refractivity contribution >= 4 is 5.91 Å². The molecule has 0 spiro atoms. The van der Waals surface area contributed by atoms with Crippen molar-refractivity contribution in [1.82, 2.24) is 10.2 Å². The standard InChI is InChI=1S/C14H20N2O3/c17-12-5-4-11(10-13(12)18)14(19)15-6-9-16-7-2-1-3-8-16/h4-5,10,17-18H,1-3,6-9H2,(H,15,19). The first-order valence-electron chi connectivity index (χ1n) is 6.69. The lowest BCUT2D eigenvalue weighted by Gasteiger charge is -2.26. The molecule has 1 aliphatic rings. The van der Waals surface area contributed by atoms with Gasteiger partial charge in [0.15, 0.2) is 11.5 Å². The lowest BCUT2D eigenvalue weighted by Crippen LogP contribution is -2.37. The molecule has 0 bridgehead atoms. The summed E-state index contributed by atoms with van der Waals surface area (Å²) in [5.74, 6) is -0.721. The van der Waals surface area contributed by atoms with Gasteiger partial charge >= 0.3 is 0 Å². The third-order valence-corrected chi connectivity index (χ3v) is 3.40. The van der Waals surface area contributed by atoms with E-state index in [4.69, 9.17) is 0 Å². The van der Waals surface area contributed by atoms with Crippen LogP contribution in [-0.2, 0) is 0 Å². The number of carbonyl (C=O) groups is 1. The van der Waals surface area contributed by atoms with Crippen molar-refractivity contribution in [2.75, 3.05) is 26.2 Å². The van der Waals surface area contributed by atoms with Gasteiger partial charge in [0, 0.05) is 18.7 Å². The SMILES string of the molecule is O=C(NCCN1CCCCC1)c1ccc(O)c(O)c1. The third kappa shape index (κ3) is 3.86. The summed E-state index contributed by atoms with van der Waals surface area (Å²) < 4.78 is 0. The van der Waals surface area contributed by atoms with Gasteiger partial charge < -0.3 is 20.4 Å². The Morgan fingerprint density at radius 2 is 1.89 bits per heavy atom. The van der Waals surface area contributed by atoms with Crippen LogP contribution >= 0.6 is 0 Å². The fraction of sp³-hybridized carbons (Fsp3) is 0.500. The van der Waals surface area contributed by atoms with Crippen LogP contribution in [0.15, 0.2) is 18.2 Å². The number of amides is 1. The number of phenols is 2. The first kappa shape index (κ1) is 13.7. The molecule has 1 heterocycles. The van der Waals surface area contributed by atoms with Crippen LogP contribution in [0.1, 0.15) is 29.6 Å². The fourth-order valence-electron chi connectivity index (χ4n) is 2.28. The number of piperidine rings is 1. The molecule has 1 aromatic carbocycles. The topological polar surface area (TPSA) is 72.8 Å². The van der Waals surface area contributed by atoms with E-state index in [-0.39, 0.29) is 17.4 Å². The van der Waals surface area contributed by atoms with Gasteiger partial charge in [-0.15, -0.1) is 0 Å². The van der Waals surface area contributed by atoms with Crippen molar-refractivity contribution in [3.63, 3.8) is 0 Å². The molecule has 0 atom stereocenters. The Bertz CT molecular complexity index is 442. The summed E-state index contributed by atoms with van der Waals surface area (Å²) >= 11 is 0. The zero-order valence-corrected chi connectivity index (χ0v) is 10.9. The van der Waals surface area contributed by atoms with Gasteiger partial charge in [-0.3, -0.25) is 4.79 Å². The first-order valence-corrected chi connectivity index (χ1v) is 6.69. The number of rotatable bonds is 4. The van der Waals surface area contributed by atoms with Crippen molar-refractivity contribution in [2.45, 2.75) is 19.3 Å². The van der Waals surface area contributed by atoms with Gasteiger partial charge in [0.1, 0.15) is 0 Å². The molecule has 1 aliphatic heterocycles. The molecule has 3 N–H and O–H groups in total. The lowest BCUT2D eigenvalue weighted by atomic mass is 10.1. The van der Waals surface area contributed by atoms with Crippen LogP contribution in [0.5, 0.6) is 11.5 Å². The van der Waals surface area contributed by atoms with Crippen LogP contribution in [-0.4, -0.2) is 47.2 Å². The minimum Gasteiger partial charge on any atom is -0.504 e. The molecule has 1 fully saturated rings. The molecule has 0 unspecified atom stereocenters. The summed E-state index contributed by atoms with van der Waals surface area (Å²) in [6, 6.07) is 4.08. The molecule has 104 valence electrons. The Morgan fingerprint density at radius 1 is 1.16 bits per heavy atom. The minimum atomic E-state index is -0.274. The molecule has 1 amide bonds. The van der Waals surface area contributed by atoms with Crippen LogP contribution in [0.4, 0.5) is 0 Å². The summed E-state index contributed by atoms with van der Waals surface area (Å²) in [6.07, 6.45) is 3.77. The molecule has 0 radical (unpaired) electrons. The predicted molar refractivity (Wildman–Crippen MR) is 72.4 cm³/mol. The molecule has 0 aliphatic carbocycles. The molecule has 1 aromatic rings. The number of aromatic hydroxyl groups is 2. The van der Waals surface area contributed by atoms with E-state index in [9.17, 15) is 15.0 Å². The molecular formula is C14H20N2O3. The molecule has 0 aromatic heterocycles. The normalized spacial score (nSPS) is 16.2. The second-order valence-corrected chi connectivity index (χ2v) is 4.86. The minimum absolute atomic E-state index is 0.218. The molecule has 5 nitrogen and oxygen atoms in total. The Balaban J connectivity index is 1.78. The molecule has 5 heteroatoms. The maximum absolute atomic E-state index is 11.8. The number of hydrogen-bond donors (Lipinski definition) is 3. The van der Waals surface area contributed by atoms with E-state index in [0.29, 0.717) is 12.1 Å². The highest BCUT2D eigenvalue weighted by Gasteiger charge is 2.11.